The molecule has 0 aliphatic heterocycles. The fourth-order valence-electron chi connectivity index (χ4n) is 2.37. The Kier molecular flexibility index (Phi) is 4.51. The van der Waals surface area contributed by atoms with Gasteiger partial charge in [0.2, 0.25) is 0 Å². The molecule has 13 heavy (non-hydrogen) atoms. The van der Waals surface area contributed by atoms with Crippen LogP contribution in [0.25, 0.3) is 0 Å². The quantitative estimate of drug-likeness (QED) is 0.657. The van der Waals surface area contributed by atoms with Gasteiger partial charge in [-0.2, -0.15) is 0 Å². The van der Waals surface area contributed by atoms with Crippen molar-refractivity contribution < 1.29 is 0 Å². The molecule has 76 valence electrons. The molecule has 1 rings (SSSR count). The van der Waals surface area contributed by atoms with Crippen LogP contribution >= 0.6 is 0 Å². The molecule has 1 N–H and O–H groups in total. The van der Waals surface area contributed by atoms with E-state index in [-0.39, 0.29) is 0 Å². The van der Waals surface area contributed by atoms with E-state index in [2.05, 4.69) is 25.9 Å². The third-order valence-electron chi connectivity index (χ3n) is 3.22. The van der Waals surface area contributed by atoms with Gasteiger partial charge in [-0.3, -0.25) is 0 Å². The molecule has 0 saturated heterocycles. The van der Waals surface area contributed by atoms with Crippen LogP contribution in [0.4, 0.5) is 0 Å². The highest BCUT2D eigenvalue weighted by atomic mass is 14.9. The lowest BCUT2D eigenvalue weighted by atomic mass is 9.81. The lowest BCUT2D eigenvalue weighted by molar-refractivity contribution is 0.260. The first-order valence-electron chi connectivity index (χ1n) is 5.55. The molecule has 0 aromatic heterocycles. The molecule has 1 nitrogen and oxygen atoms in total. The summed E-state index contributed by atoms with van der Waals surface area (Å²) in [6, 6.07) is 0.771. The predicted octanol–water partition coefficient (Wildman–Crippen LogP) is 3.12. The topological polar surface area (TPSA) is 12.0 Å². The molecule has 1 fully saturated rings. The van der Waals surface area contributed by atoms with Gasteiger partial charge in [0.25, 0.3) is 0 Å². The van der Waals surface area contributed by atoms with Crippen molar-refractivity contribution in [3.63, 3.8) is 0 Å². The molecule has 1 aliphatic carbocycles. The number of rotatable bonds is 4. The first-order chi connectivity index (χ1) is 6.24. The van der Waals surface area contributed by atoms with Crippen molar-refractivity contribution in [1.82, 2.24) is 5.32 Å². The summed E-state index contributed by atoms with van der Waals surface area (Å²) in [7, 11) is 2.10. The van der Waals surface area contributed by atoms with E-state index in [0.717, 1.165) is 12.0 Å². The number of hydrogen-bond donors (Lipinski definition) is 1. The number of allylic oxidation sites excluding steroid dienone is 1. The molecule has 0 heterocycles. The van der Waals surface area contributed by atoms with Crippen LogP contribution in [-0.2, 0) is 0 Å². The van der Waals surface area contributed by atoms with E-state index in [0.29, 0.717) is 0 Å². The minimum absolute atomic E-state index is 0.771. The number of nitrogens with one attached hydrogen (secondary N) is 1. The van der Waals surface area contributed by atoms with Crippen molar-refractivity contribution in [2.75, 3.05) is 7.05 Å². The highest BCUT2D eigenvalue weighted by Crippen LogP contribution is 2.28. The lowest BCUT2D eigenvalue weighted by Crippen LogP contribution is -2.36. The van der Waals surface area contributed by atoms with Crippen molar-refractivity contribution in [3.05, 3.63) is 12.2 Å². The summed E-state index contributed by atoms with van der Waals surface area (Å²) >= 11 is 0. The summed E-state index contributed by atoms with van der Waals surface area (Å²) in [4.78, 5) is 0. The third-order valence-corrected chi connectivity index (χ3v) is 3.22. The van der Waals surface area contributed by atoms with Gasteiger partial charge >= 0.3 is 0 Å². The van der Waals surface area contributed by atoms with Crippen LogP contribution < -0.4 is 5.32 Å². The van der Waals surface area contributed by atoms with Gasteiger partial charge in [-0.15, -0.1) is 6.58 Å². The van der Waals surface area contributed by atoms with Crippen LogP contribution in [0.3, 0.4) is 0 Å². The second-order valence-electron chi connectivity index (χ2n) is 4.44. The van der Waals surface area contributed by atoms with E-state index in [1.807, 2.05) is 0 Å². The molecular formula is C12H23N. The van der Waals surface area contributed by atoms with Crippen LogP contribution in [-0.4, -0.2) is 13.1 Å². The molecule has 0 aromatic rings. The Balaban J connectivity index is 2.31. The summed E-state index contributed by atoms with van der Waals surface area (Å²) in [6.07, 6.45) is 8.17. The van der Waals surface area contributed by atoms with Crippen LogP contribution in [0.2, 0.25) is 0 Å². The Morgan fingerprint density at radius 1 is 1.38 bits per heavy atom. The largest absolute Gasteiger partial charge is 0.317 e. The van der Waals surface area contributed by atoms with E-state index >= 15 is 0 Å². The second-order valence-corrected chi connectivity index (χ2v) is 4.44. The molecule has 0 bridgehead atoms. The monoisotopic (exact) mass is 181 g/mol. The Bertz CT molecular complexity index is 163. The van der Waals surface area contributed by atoms with Crippen molar-refractivity contribution >= 4 is 0 Å². The number of hydrogen-bond acceptors (Lipinski definition) is 1. The Hall–Kier alpha value is -0.300. The average Bonchev–Trinajstić information content (AvgIpc) is 2.15. The van der Waals surface area contributed by atoms with E-state index in [4.69, 9.17) is 0 Å². The highest BCUT2D eigenvalue weighted by molar-refractivity contribution is 4.90. The van der Waals surface area contributed by atoms with Gasteiger partial charge in [0, 0.05) is 6.04 Å². The Morgan fingerprint density at radius 3 is 2.69 bits per heavy atom. The molecule has 1 heteroatoms. The molecule has 0 radical (unpaired) electrons. The van der Waals surface area contributed by atoms with Gasteiger partial charge in [0.15, 0.2) is 0 Å². The van der Waals surface area contributed by atoms with Crippen molar-refractivity contribution in [2.24, 2.45) is 5.92 Å². The zero-order chi connectivity index (χ0) is 9.68. The van der Waals surface area contributed by atoms with Gasteiger partial charge in [-0.25, -0.2) is 0 Å². The Morgan fingerprint density at radius 2 is 2.08 bits per heavy atom. The minimum Gasteiger partial charge on any atom is -0.317 e. The van der Waals surface area contributed by atoms with E-state index in [9.17, 15) is 0 Å². The molecule has 0 spiro atoms. The second kappa shape index (κ2) is 5.43. The van der Waals surface area contributed by atoms with Crippen molar-refractivity contribution in [1.29, 1.82) is 0 Å². The SMILES string of the molecule is C=C(C)CCC1CCCCC1NC. The first-order valence-corrected chi connectivity index (χ1v) is 5.55. The summed E-state index contributed by atoms with van der Waals surface area (Å²) in [6.45, 7) is 6.11. The molecule has 0 amide bonds. The van der Waals surface area contributed by atoms with E-state index in [1.54, 1.807) is 0 Å². The van der Waals surface area contributed by atoms with Gasteiger partial charge in [-0.1, -0.05) is 18.4 Å². The van der Waals surface area contributed by atoms with Crippen LogP contribution in [0.15, 0.2) is 12.2 Å². The van der Waals surface area contributed by atoms with Crippen molar-refractivity contribution in [3.8, 4) is 0 Å². The first kappa shape index (κ1) is 10.8. The lowest BCUT2D eigenvalue weighted by Gasteiger charge is -2.31. The summed E-state index contributed by atoms with van der Waals surface area (Å²) in [5, 5.41) is 3.45. The van der Waals surface area contributed by atoms with E-state index in [1.165, 1.54) is 44.1 Å². The zero-order valence-corrected chi connectivity index (χ0v) is 9.10. The third kappa shape index (κ3) is 3.51. The molecule has 1 saturated carbocycles. The summed E-state index contributed by atoms with van der Waals surface area (Å²) < 4.78 is 0. The van der Waals surface area contributed by atoms with Gasteiger partial charge in [0.05, 0.1) is 0 Å². The van der Waals surface area contributed by atoms with E-state index < -0.39 is 0 Å². The fourth-order valence-corrected chi connectivity index (χ4v) is 2.37. The van der Waals surface area contributed by atoms with Gasteiger partial charge in [0.1, 0.15) is 0 Å². The predicted molar refractivity (Wildman–Crippen MR) is 58.9 cm³/mol. The van der Waals surface area contributed by atoms with Gasteiger partial charge in [-0.05, 0) is 45.6 Å². The summed E-state index contributed by atoms with van der Waals surface area (Å²) in [5.41, 5.74) is 1.33. The van der Waals surface area contributed by atoms with Crippen LogP contribution in [0.5, 0.6) is 0 Å². The maximum absolute atomic E-state index is 3.97. The molecular weight excluding hydrogens is 158 g/mol. The smallest absolute Gasteiger partial charge is 0.00924 e. The molecule has 2 atom stereocenters. The normalized spacial score (nSPS) is 28.8. The van der Waals surface area contributed by atoms with Gasteiger partial charge < -0.3 is 5.32 Å². The molecule has 2 unspecified atom stereocenters. The zero-order valence-electron chi connectivity index (χ0n) is 9.10. The Labute approximate surface area is 82.6 Å². The summed E-state index contributed by atoms with van der Waals surface area (Å²) in [5.74, 6) is 0.899. The highest BCUT2D eigenvalue weighted by Gasteiger charge is 2.22. The van der Waals surface area contributed by atoms with Crippen LogP contribution in [0, 0.1) is 5.92 Å². The minimum atomic E-state index is 0.771. The maximum atomic E-state index is 3.97. The van der Waals surface area contributed by atoms with Crippen molar-refractivity contribution in [2.45, 2.75) is 51.5 Å². The fraction of sp³-hybridized carbons (Fsp3) is 0.833. The van der Waals surface area contributed by atoms with Crippen LogP contribution in [0.1, 0.15) is 45.4 Å². The molecule has 1 aliphatic rings. The average molecular weight is 181 g/mol. The maximum Gasteiger partial charge on any atom is 0.00924 e. The molecule has 0 aromatic carbocycles. The standard InChI is InChI=1S/C12H23N/c1-10(2)8-9-11-6-4-5-7-12(11)13-3/h11-13H,1,4-9H2,2-3H3.